The number of fused-ring (bicyclic) bond motifs is 6. The molecule has 4 fully saturated rings. The minimum absolute atomic E-state index is 0.201. The van der Waals surface area contributed by atoms with Crippen LogP contribution in [-0.4, -0.2) is 50.8 Å². The van der Waals surface area contributed by atoms with Crippen LogP contribution in [0.5, 0.6) is 0 Å². The molecule has 4 N–H and O–H groups in total. The van der Waals surface area contributed by atoms with Gasteiger partial charge in [0.05, 0.1) is 35.1 Å². The summed E-state index contributed by atoms with van der Waals surface area (Å²) < 4.78 is 63.0. The second-order valence-corrected chi connectivity index (χ2v) is 20.3. The summed E-state index contributed by atoms with van der Waals surface area (Å²) in [5.41, 5.74) is -0.300. The molecule has 6 atom stereocenters. The highest BCUT2D eigenvalue weighted by molar-refractivity contribution is 7.93. The van der Waals surface area contributed by atoms with E-state index in [1.165, 1.54) is 0 Å². The van der Waals surface area contributed by atoms with Crippen molar-refractivity contribution in [2.75, 3.05) is 20.9 Å². The monoisotopic (exact) mass is 716 g/mol. The molecule has 4 aromatic rings. The molecule has 8 rings (SSSR count). The van der Waals surface area contributed by atoms with Crippen LogP contribution in [0, 0.1) is 33.5 Å². The second kappa shape index (κ2) is 11.2. The molecule has 4 aliphatic carbocycles. The average Bonchev–Trinajstić information content (AvgIpc) is 3.57. The summed E-state index contributed by atoms with van der Waals surface area (Å²) in [6.07, 6.45) is 2.94. The van der Waals surface area contributed by atoms with Gasteiger partial charge in [0, 0.05) is 22.0 Å². The van der Waals surface area contributed by atoms with E-state index in [-0.39, 0.29) is 34.2 Å². The molecule has 0 saturated heterocycles. The molecule has 50 heavy (non-hydrogen) atoms. The highest BCUT2D eigenvalue weighted by Gasteiger charge is 2.66. The van der Waals surface area contributed by atoms with Crippen LogP contribution in [-0.2, 0) is 20.0 Å². The van der Waals surface area contributed by atoms with Gasteiger partial charge in [0.2, 0.25) is 20.0 Å². The van der Waals surface area contributed by atoms with Crippen molar-refractivity contribution >= 4 is 53.0 Å². The van der Waals surface area contributed by atoms with Crippen molar-refractivity contribution in [1.29, 1.82) is 0 Å². The van der Waals surface area contributed by atoms with Crippen LogP contribution in [0.1, 0.15) is 66.2 Å². The molecule has 8 nitrogen and oxygen atoms in total. The topological polar surface area (TPSA) is 133 Å². The second-order valence-electron chi connectivity index (χ2n) is 16.9. The molecule has 0 unspecified atom stereocenters. The predicted octanol–water partition coefficient (Wildman–Crippen LogP) is 7.52. The van der Waals surface area contributed by atoms with Crippen molar-refractivity contribution in [1.82, 2.24) is 0 Å². The molecular formula is C40H48N2O6S2. The van der Waals surface area contributed by atoms with Gasteiger partial charge in [0.1, 0.15) is 0 Å². The van der Waals surface area contributed by atoms with E-state index in [9.17, 15) is 27.0 Å². The summed E-state index contributed by atoms with van der Waals surface area (Å²) in [7, 11) is -7.97. The van der Waals surface area contributed by atoms with E-state index in [0.29, 0.717) is 48.2 Å². The van der Waals surface area contributed by atoms with Gasteiger partial charge < -0.3 is 10.2 Å². The van der Waals surface area contributed by atoms with Crippen molar-refractivity contribution in [3.05, 3.63) is 72.8 Å². The summed E-state index contributed by atoms with van der Waals surface area (Å²) >= 11 is 0. The number of benzene rings is 4. The average molecular weight is 717 g/mol. The van der Waals surface area contributed by atoms with Crippen molar-refractivity contribution in [2.24, 2.45) is 33.5 Å². The number of anilines is 2. The van der Waals surface area contributed by atoms with Gasteiger partial charge >= 0.3 is 0 Å². The maximum Gasteiger partial charge on any atom is 0.233 e. The van der Waals surface area contributed by atoms with Gasteiger partial charge in [-0.25, -0.2) is 16.8 Å². The molecule has 0 aromatic heterocycles. The summed E-state index contributed by atoms with van der Waals surface area (Å²) in [6.45, 7) is 8.35. The highest BCUT2D eigenvalue weighted by Crippen LogP contribution is 2.67. The Labute approximate surface area is 295 Å². The molecule has 0 spiro atoms. The van der Waals surface area contributed by atoms with Gasteiger partial charge in [-0.2, -0.15) is 0 Å². The lowest BCUT2D eigenvalue weighted by Crippen LogP contribution is -2.45. The fourth-order valence-electron chi connectivity index (χ4n) is 11.1. The molecule has 0 heterocycles. The van der Waals surface area contributed by atoms with Crippen molar-refractivity contribution in [2.45, 2.75) is 78.4 Å². The van der Waals surface area contributed by atoms with Crippen molar-refractivity contribution < 1.29 is 27.0 Å². The Bertz CT molecular complexity index is 2090. The zero-order valence-corrected chi connectivity index (χ0v) is 30.9. The molecule has 4 aliphatic rings. The zero-order valence-electron chi connectivity index (χ0n) is 29.2. The van der Waals surface area contributed by atoms with Crippen LogP contribution in [0.25, 0.3) is 32.7 Å². The first-order valence-electron chi connectivity index (χ1n) is 17.9. The van der Waals surface area contributed by atoms with Crippen LogP contribution in [0.4, 0.5) is 11.4 Å². The van der Waals surface area contributed by atoms with Crippen LogP contribution < -0.4 is 9.44 Å². The molecule has 0 radical (unpaired) electrons. The fraction of sp³-hybridized carbons (Fsp3) is 0.500. The zero-order chi connectivity index (χ0) is 35.5. The molecule has 4 aromatic carbocycles. The lowest BCUT2D eigenvalue weighted by Gasteiger charge is -2.40. The van der Waals surface area contributed by atoms with Gasteiger partial charge in [-0.1, -0.05) is 88.4 Å². The maximum absolute atomic E-state index is 14.3. The van der Waals surface area contributed by atoms with E-state index in [2.05, 4.69) is 37.1 Å². The maximum atomic E-state index is 14.3. The molecule has 0 aliphatic heterocycles. The number of aliphatic hydroxyl groups excluding tert-OH is 2. The largest absolute Gasteiger partial charge is 0.392 e. The van der Waals surface area contributed by atoms with E-state index in [1.807, 2.05) is 60.7 Å². The third kappa shape index (κ3) is 4.88. The van der Waals surface area contributed by atoms with Crippen LogP contribution >= 0.6 is 0 Å². The first-order valence-corrected chi connectivity index (χ1v) is 21.2. The molecule has 10 heteroatoms. The highest BCUT2D eigenvalue weighted by atomic mass is 32.2. The van der Waals surface area contributed by atoms with Crippen molar-refractivity contribution in [3.63, 3.8) is 0 Å². The Balaban J connectivity index is 1.26. The van der Waals surface area contributed by atoms with Crippen LogP contribution in [0.15, 0.2) is 72.8 Å². The van der Waals surface area contributed by atoms with Gasteiger partial charge in [-0.15, -0.1) is 0 Å². The van der Waals surface area contributed by atoms with E-state index < -0.39 is 43.1 Å². The van der Waals surface area contributed by atoms with E-state index in [1.54, 1.807) is 12.1 Å². The third-order valence-corrected chi connectivity index (χ3v) is 17.2. The lowest BCUT2D eigenvalue weighted by atomic mass is 9.70. The molecule has 4 saturated carbocycles. The summed E-state index contributed by atoms with van der Waals surface area (Å²) in [6, 6.07) is 22.7. The minimum atomic E-state index is -3.98. The van der Waals surface area contributed by atoms with Gasteiger partial charge in [-0.05, 0) is 94.9 Å². The first kappa shape index (κ1) is 33.9. The SMILES string of the molecule is CC1(C)[C@H]2CC[C@@]1(CS(=O)(=O)Nc1ccc3ccccc3c1-c1c(NS(=O)(=O)C[C@]34CC[C@@H](C[C@H]3O)C4(C)C)ccc3ccccc13)[C@H](O)C2. The van der Waals surface area contributed by atoms with Gasteiger partial charge in [-0.3, -0.25) is 9.44 Å². The Morgan fingerprint density at radius 2 is 0.980 bits per heavy atom. The predicted molar refractivity (Wildman–Crippen MR) is 201 cm³/mol. The summed E-state index contributed by atoms with van der Waals surface area (Å²) in [5.74, 6) is 0.155. The normalized spacial score (nSPS) is 31.1. The standard InChI is InChI=1S/C40H48N2O6S2/c1-37(2)27-17-19-39(37,33(43)21-27)23-49(45,46)41-31-15-13-25-9-5-7-11-29(25)35(31)36-30-12-8-6-10-26(30)14-16-32(36)42-50(47,48)24-40-20-18-28(22-34(40)44)38(40,3)4/h5-16,27-28,33-34,41-44H,17-24H2,1-4H3/t27-,28-,33+,34+,39+,40+/m0/s1. The van der Waals surface area contributed by atoms with Crippen molar-refractivity contribution in [3.8, 4) is 11.1 Å². The van der Waals surface area contributed by atoms with E-state index >= 15 is 0 Å². The Morgan fingerprint density at radius 1 is 0.600 bits per heavy atom. The van der Waals surface area contributed by atoms with E-state index in [0.717, 1.165) is 34.4 Å². The summed E-state index contributed by atoms with van der Waals surface area (Å²) in [5, 5.41) is 25.7. The number of hydrogen-bond acceptors (Lipinski definition) is 6. The Kier molecular flexibility index (Phi) is 7.57. The van der Waals surface area contributed by atoms with Gasteiger partial charge in [0.15, 0.2) is 0 Å². The molecule has 4 bridgehead atoms. The quantitative estimate of drug-likeness (QED) is 0.142. The number of hydrogen-bond donors (Lipinski definition) is 4. The van der Waals surface area contributed by atoms with Gasteiger partial charge in [0.25, 0.3) is 0 Å². The molecule has 266 valence electrons. The Hall–Kier alpha value is -3.18. The Morgan fingerprint density at radius 3 is 1.32 bits per heavy atom. The number of aliphatic hydroxyl groups is 2. The first-order chi connectivity index (χ1) is 23.5. The van der Waals surface area contributed by atoms with Crippen LogP contribution in [0.3, 0.4) is 0 Å². The molecular weight excluding hydrogens is 669 g/mol. The third-order valence-electron chi connectivity index (χ3n) is 14.3. The minimum Gasteiger partial charge on any atom is -0.392 e. The summed E-state index contributed by atoms with van der Waals surface area (Å²) in [4.78, 5) is 0. The lowest BCUT2D eigenvalue weighted by molar-refractivity contribution is 0.0153. The smallest absolute Gasteiger partial charge is 0.233 e. The number of sulfonamides is 2. The van der Waals surface area contributed by atoms with E-state index in [4.69, 9.17) is 0 Å². The number of nitrogens with one attached hydrogen (secondary N) is 2. The number of rotatable bonds is 9. The molecule has 0 amide bonds. The fourth-order valence-corrected chi connectivity index (χ4v) is 15.0. The van der Waals surface area contributed by atoms with Crippen LogP contribution in [0.2, 0.25) is 0 Å².